The van der Waals surface area contributed by atoms with Crippen molar-refractivity contribution in [1.29, 1.82) is 0 Å². The molecule has 3 aromatic rings. The molecule has 2 N–H and O–H groups in total. The Morgan fingerprint density at radius 1 is 1.12 bits per heavy atom. The number of carbonyl (C=O) groups is 1. The first-order valence-corrected chi connectivity index (χ1v) is 7.42. The number of nitrogens with one attached hydrogen (secondary N) is 1. The van der Waals surface area contributed by atoms with Gasteiger partial charge in [-0.3, -0.25) is 5.43 Å². The molecule has 24 heavy (non-hydrogen) atoms. The number of furan rings is 1. The Morgan fingerprint density at radius 3 is 2.62 bits per heavy atom. The lowest BCUT2D eigenvalue weighted by Gasteiger charge is -2.03. The van der Waals surface area contributed by atoms with Crippen LogP contribution in [-0.4, -0.2) is 17.3 Å². The minimum atomic E-state index is -0.941. The van der Waals surface area contributed by atoms with Crippen LogP contribution in [0.4, 0.5) is 5.69 Å². The summed E-state index contributed by atoms with van der Waals surface area (Å²) in [5.74, 6) is 0.338. The number of benzene rings is 2. The number of anilines is 1. The molecule has 0 bridgehead atoms. The first-order valence-electron chi connectivity index (χ1n) is 7.42. The Morgan fingerprint density at radius 2 is 1.92 bits per heavy atom. The molecule has 0 unspecified atom stereocenters. The number of aryl methyl sites for hydroxylation is 1. The van der Waals surface area contributed by atoms with Crippen molar-refractivity contribution in [1.82, 2.24) is 0 Å². The predicted octanol–water partition coefficient (Wildman–Crippen LogP) is 4.40. The zero-order valence-electron chi connectivity index (χ0n) is 13.1. The smallest absolute Gasteiger partial charge is 0.335 e. The average molecular weight is 320 g/mol. The fourth-order valence-electron chi connectivity index (χ4n) is 2.32. The number of carboxylic acid groups (broad SMARTS) is 1. The highest BCUT2D eigenvalue weighted by Crippen LogP contribution is 2.26. The third-order valence-electron chi connectivity index (χ3n) is 3.52. The van der Waals surface area contributed by atoms with E-state index in [9.17, 15) is 4.79 Å². The lowest BCUT2D eigenvalue weighted by Crippen LogP contribution is -1.96. The zero-order valence-corrected chi connectivity index (χ0v) is 13.1. The number of hydrazone groups is 1. The van der Waals surface area contributed by atoms with Gasteiger partial charge in [0.05, 0.1) is 17.5 Å². The van der Waals surface area contributed by atoms with E-state index >= 15 is 0 Å². The van der Waals surface area contributed by atoms with E-state index in [1.807, 2.05) is 49.4 Å². The van der Waals surface area contributed by atoms with Crippen molar-refractivity contribution >= 4 is 17.9 Å². The van der Waals surface area contributed by atoms with E-state index in [4.69, 9.17) is 9.52 Å². The first-order chi connectivity index (χ1) is 11.6. The number of hydrogen-bond acceptors (Lipinski definition) is 4. The molecule has 0 saturated carbocycles. The summed E-state index contributed by atoms with van der Waals surface area (Å²) in [7, 11) is 0. The maximum atomic E-state index is 11.0. The van der Waals surface area contributed by atoms with Gasteiger partial charge in [-0.15, -0.1) is 0 Å². The number of para-hydroxylation sites is 1. The van der Waals surface area contributed by atoms with Gasteiger partial charge in [0.15, 0.2) is 0 Å². The molecule has 0 atom stereocenters. The fourth-order valence-corrected chi connectivity index (χ4v) is 2.32. The Kier molecular flexibility index (Phi) is 4.43. The number of carboxylic acids is 1. The van der Waals surface area contributed by atoms with Crippen LogP contribution in [0.3, 0.4) is 0 Å². The Labute approximate surface area is 139 Å². The lowest BCUT2D eigenvalue weighted by molar-refractivity contribution is 0.0697. The molecule has 0 radical (unpaired) electrons. The van der Waals surface area contributed by atoms with Crippen molar-refractivity contribution < 1.29 is 14.3 Å². The molecule has 1 aromatic heterocycles. The fraction of sp³-hybridized carbons (Fsp3) is 0.0526. The average Bonchev–Trinajstić information content (AvgIpc) is 3.04. The number of hydrogen-bond donors (Lipinski definition) is 2. The largest absolute Gasteiger partial charge is 0.478 e. The molecule has 120 valence electrons. The third-order valence-corrected chi connectivity index (χ3v) is 3.52. The van der Waals surface area contributed by atoms with Gasteiger partial charge in [-0.1, -0.05) is 24.3 Å². The van der Waals surface area contributed by atoms with E-state index < -0.39 is 5.97 Å². The summed E-state index contributed by atoms with van der Waals surface area (Å²) in [5.41, 5.74) is 5.77. The SMILES string of the molecule is Cc1cc(C(=O)O)ccc1-c1ccc(/C=N\Nc2ccccc2)o1. The zero-order chi connectivity index (χ0) is 16.9. The van der Waals surface area contributed by atoms with Gasteiger partial charge in [-0.25, -0.2) is 4.79 Å². The molecular weight excluding hydrogens is 304 g/mol. The highest BCUT2D eigenvalue weighted by Gasteiger charge is 2.10. The second-order valence-corrected chi connectivity index (χ2v) is 5.27. The van der Waals surface area contributed by atoms with Crippen molar-refractivity contribution in [2.45, 2.75) is 6.92 Å². The van der Waals surface area contributed by atoms with Crippen molar-refractivity contribution in [2.24, 2.45) is 5.10 Å². The molecule has 0 aliphatic heterocycles. The molecule has 5 nitrogen and oxygen atoms in total. The minimum Gasteiger partial charge on any atom is -0.478 e. The lowest BCUT2D eigenvalue weighted by atomic mass is 10.0. The van der Waals surface area contributed by atoms with Crippen LogP contribution < -0.4 is 5.43 Å². The molecule has 3 rings (SSSR count). The van der Waals surface area contributed by atoms with Gasteiger partial charge in [0, 0.05) is 5.56 Å². The topological polar surface area (TPSA) is 74.8 Å². The predicted molar refractivity (Wildman–Crippen MR) is 93.5 cm³/mol. The molecule has 0 aliphatic carbocycles. The molecule has 5 heteroatoms. The van der Waals surface area contributed by atoms with Gasteiger partial charge in [-0.05, 0) is 48.9 Å². The molecule has 0 amide bonds. The second kappa shape index (κ2) is 6.83. The van der Waals surface area contributed by atoms with Crippen LogP contribution in [0.5, 0.6) is 0 Å². The Hall–Kier alpha value is -3.34. The van der Waals surface area contributed by atoms with Crippen LogP contribution in [0.2, 0.25) is 0 Å². The molecule has 1 heterocycles. The van der Waals surface area contributed by atoms with E-state index in [2.05, 4.69) is 10.5 Å². The maximum Gasteiger partial charge on any atom is 0.335 e. The van der Waals surface area contributed by atoms with E-state index in [1.54, 1.807) is 24.4 Å². The van der Waals surface area contributed by atoms with Crippen LogP contribution in [0.1, 0.15) is 21.7 Å². The van der Waals surface area contributed by atoms with Crippen LogP contribution >= 0.6 is 0 Å². The molecule has 0 aliphatic rings. The van der Waals surface area contributed by atoms with Crippen LogP contribution in [0, 0.1) is 6.92 Å². The van der Waals surface area contributed by atoms with E-state index in [0.717, 1.165) is 16.8 Å². The second-order valence-electron chi connectivity index (χ2n) is 5.27. The van der Waals surface area contributed by atoms with Gasteiger partial charge in [-0.2, -0.15) is 5.10 Å². The minimum absolute atomic E-state index is 0.261. The number of rotatable bonds is 5. The van der Waals surface area contributed by atoms with Gasteiger partial charge in [0.1, 0.15) is 11.5 Å². The van der Waals surface area contributed by atoms with E-state index in [-0.39, 0.29) is 5.56 Å². The summed E-state index contributed by atoms with van der Waals surface area (Å²) in [6.45, 7) is 1.86. The van der Waals surface area contributed by atoms with Gasteiger partial charge in [0.2, 0.25) is 0 Å². The van der Waals surface area contributed by atoms with Gasteiger partial charge >= 0.3 is 5.97 Å². The van der Waals surface area contributed by atoms with Crippen molar-refractivity contribution in [3.05, 3.63) is 77.6 Å². The van der Waals surface area contributed by atoms with Crippen LogP contribution in [-0.2, 0) is 0 Å². The summed E-state index contributed by atoms with van der Waals surface area (Å²) in [5, 5.41) is 13.2. The van der Waals surface area contributed by atoms with Gasteiger partial charge in [0.25, 0.3) is 0 Å². The Bertz CT molecular complexity index is 883. The molecule has 0 spiro atoms. The van der Waals surface area contributed by atoms with Crippen LogP contribution in [0.15, 0.2) is 70.2 Å². The standard InChI is InChI=1S/C19H16N2O3/c1-13-11-14(19(22)23)7-9-17(13)18-10-8-16(24-18)12-20-21-15-5-3-2-4-6-15/h2-12,21H,1H3,(H,22,23)/b20-12-. The van der Waals surface area contributed by atoms with Gasteiger partial charge < -0.3 is 9.52 Å². The summed E-state index contributed by atoms with van der Waals surface area (Å²) in [6, 6.07) is 18.2. The normalized spacial score (nSPS) is 10.9. The monoisotopic (exact) mass is 320 g/mol. The quantitative estimate of drug-likeness (QED) is 0.540. The highest BCUT2D eigenvalue weighted by atomic mass is 16.4. The van der Waals surface area contributed by atoms with Crippen molar-refractivity contribution in [3.63, 3.8) is 0 Å². The first kappa shape index (κ1) is 15.6. The summed E-state index contributed by atoms with van der Waals surface area (Å²) in [4.78, 5) is 11.0. The van der Waals surface area contributed by atoms with Crippen molar-refractivity contribution in [3.8, 4) is 11.3 Å². The van der Waals surface area contributed by atoms with E-state index in [0.29, 0.717) is 11.5 Å². The number of nitrogens with zero attached hydrogens (tertiary/aromatic N) is 1. The third kappa shape index (κ3) is 3.52. The molecular formula is C19H16N2O3. The summed E-state index contributed by atoms with van der Waals surface area (Å²) in [6.07, 6.45) is 1.59. The number of aromatic carboxylic acids is 1. The van der Waals surface area contributed by atoms with E-state index in [1.165, 1.54) is 0 Å². The maximum absolute atomic E-state index is 11.0. The van der Waals surface area contributed by atoms with Crippen LogP contribution in [0.25, 0.3) is 11.3 Å². The highest BCUT2D eigenvalue weighted by molar-refractivity contribution is 5.89. The van der Waals surface area contributed by atoms with Crippen molar-refractivity contribution in [2.75, 3.05) is 5.43 Å². The molecule has 0 saturated heterocycles. The molecule has 2 aromatic carbocycles. The Balaban J connectivity index is 1.75. The summed E-state index contributed by atoms with van der Waals surface area (Å²) >= 11 is 0. The summed E-state index contributed by atoms with van der Waals surface area (Å²) < 4.78 is 5.75. The molecule has 0 fully saturated rings.